The number of hydrogen-bond acceptors (Lipinski definition) is 12. The SMILES string of the molecule is COC(=O)NC(C(=O)N1CCCC1(C)C(=O)OCC(=O)c1ccc(-c2ccc(C(=O)COC(=O)C3(C)CCCN3C(=O)C(NC(=O)OC)C(C)C)c3c2CCC3)c2c1CCC2)C(C)C. The smallest absolute Gasteiger partial charge is 0.407 e. The number of esters is 2. The highest BCUT2D eigenvalue weighted by molar-refractivity contribution is 6.03. The number of methoxy groups -OCH3 is 2. The maximum atomic E-state index is 13.8. The fourth-order valence-corrected chi connectivity index (χ4v) is 9.96. The quantitative estimate of drug-likeness (QED) is 0.133. The van der Waals surface area contributed by atoms with Crippen LogP contribution in [0.3, 0.4) is 0 Å². The van der Waals surface area contributed by atoms with Gasteiger partial charge in [0.05, 0.1) is 14.2 Å². The van der Waals surface area contributed by atoms with E-state index in [4.69, 9.17) is 18.9 Å². The molecule has 2 saturated heterocycles. The van der Waals surface area contributed by atoms with Crippen LogP contribution in [-0.2, 0) is 63.8 Å². The second-order valence-corrected chi connectivity index (χ2v) is 18.4. The van der Waals surface area contributed by atoms with Crippen LogP contribution in [0.15, 0.2) is 24.3 Å². The Morgan fingerprint density at radius 3 is 1.27 bits per heavy atom. The summed E-state index contributed by atoms with van der Waals surface area (Å²) in [7, 11) is 2.42. The van der Waals surface area contributed by atoms with Gasteiger partial charge in [0.2, 0.25) is 23.4 Å². The molecule has 2 heterocycles. The van der Waals surface area contributed by atoms with Crippen molar-refractivity contribution in [3.8, 4) is 11.1 Å². The number of nitrogens with zero attached hydrogens (tertiary/aromatic N) is 2. The number of alkyl carbamates (subject to hydrolysis) is 2. The van der Waals surface area contributed by atoms with Crippen LogP contribution in [0.2, 0.25) is 0 Å². The summed E-state index contributed by atoms with van der Waals surface area (Å²) >= 11 is 0. The Bertz CT molecular complexity index is 2070. The molecule has 6 rings (SSSR count). The fraction of sp³-hybridized carbons (Fsp3) is 0.583. The Balaban J connectivity index is 1.14. The van der Waals surface area contributed by atoms with Gasteiger partial charge in [0.25, 0.3) is 0 Å². The number of ether oxygens (including phenoxy) is 4. The molecule has 16 nitrogen and oxygen atoms in total. The predicted molar refractivity (Wildman–Crippen MR) is 234 cm³/mol. The van der Waals surface area contributed by atoms with Crippen LogP contribution in [0, 0.1) is 11.8 Å². The van der Waals surface area contributed by atoms with Crippen molar-refractivity contribution >= 4 is 47.5 Å². The minimum absolute atomic E-state index is 0.278. The molecule has 4 amide bonds. The molecule has 346 valence electrons. The van der Waals surface area contributed by atoms with E-state index in [1.165, 1.54) is 24.0 Å². The van der Waals surface area contributed by atoms with Crippen molar-refractivity contribution in [1.29, 1.82) is 0 Å². The molecular weight excluding hydrogens is 825 g/mol. The molecule has 64 heavy (non-hydrogen) atoms. The molecule has 0 bridgehead atoms. The van der Waals surface area contributed by atoms with Gasteiger partial charge in [-0.3, -0.25) is 19.2 Å². The number of fused-ring (bicyclic) bond motifs is 2. The monoisotopic (exact) mass is 886 g/mol. The summed E-state index contributed by atoms with van der Waals surface area (Å²) < 4.78 is 20.7. The number of hydrogen-bond donors (Lipinski definition) is 2. The number of amides is 4. The van der Waals surface area contributed by atoms with Gasteiger partial charge in [-0.05, 0) is 123 Å². The van der Waals surface area contributed by atoms with Crippen molar-refractivity contribution in [2.45, 2.75) is 129 Å². The first-order valence-electron chi connectivity index (χ1n) is 22.4. The number of Topliss-reactive ketones (excluding diaryl/α,β-unsaturated/α-hetero) is 2. The van der Waals surface area contributed by atoms with Gasteiger partial charge in [-0.2, -0.15) is 0 Å². The first-order valence-corrected chi connectivity index (χ1v) is 22.4. The molecule has 2 aromatic rings. The predicted octanol–water partition coefficient (Wildman–Crippen LogP) is 5.31. The molecule has 2 aliphatic heterocycles. The summed E-state index contributed by atoms with van der Waals surface area (Å²) in [6.07, 6.45) is 4.81. The van der Waals surface area contributed by atoms with Crippen LogP contribution >= 0.6 is 0 Å². The maximum absolute atomic E-state index is 13.8. The molecule has 0 aromatic heterocycles. The van der Waals surface area contributed by atoms with Gasteiger partial charge in [0, 0.05) is 24.2 Å². The van der Waals surface area contributed by atoms with Gasteiger partial charge in [0.1, 0.15) is 23.2 Å². The van der Waals surface area contributed by atoms with Crippen LogP contribution in [0.5, 0.6) is 0 Å². The van der Waals surface area contributed by atoms with Crippen molar-refractivity contribution in [1.82, 2.24) is 20.4 Å². The number of likely N-dealkylation sites (tertiary alicyclic amines) is 2. The highest BCUT2D eigenvalue weighted by Gasteiger charge is 2.51. The molecule has 2 fully saturated rings. The maximum Gasteiger partial charge on any atom is 0.407 e. The first kappa shape index (κ1) is 47.7. The van der Waals surface area contributed by atoms with Crippen molar-refractivity contribution in [2.75, 3.05) is 40.5 Å². The Morgan fingerprint density at radius 1 is 0.562 bits per heavy atom. The van der Waals surface area contributed by atoms with E-state index in [1.807, 2.05) is 12.1 Å². The standard InChI is InChI=1S/C48H62N4O12/c1-27(2)39(49-45(59)61-7)41(55)51-23-11-21-47(51,5)43(57)63-25-37(53)35-19-17-33(29-13-9-15-31(29)35)34-18-20-36(32-16-10-14-30(32)34)38(54)26-64-44(58)48(6)22-12-24-52(48)42(56)40(28(3)4)50-46(60)62-8/h17-20,27-28,39-40H,9-16,21-26H2,1-8H3,(H,49,59)(H,50,60). The van der Waals surface area contributed by atoms with Gasteiger partial charge >= 0.3 is 24.1 Å². The van der Waals surface area contributed by atoms with E-state index in [-0.39, 0.29) is 23.4 Å². The van der Waals surface area contributed by atoms with E-state index in [0.717, 1.165) is 59.1 Å². The van der Waals surface area contributed by atoms with E-state index in [9.17, 15) is 38.4 Å². The highest BCUT2D eigenvalue weighted by atomic mass is 16.6. The van der Waals surface area contributed by atoms with E-state index in [0.29, 0.717) is 62.7 Å². The lowest BCUT2D eigenvalue weighted by Gasteiger charge is -2.36. The van der Waals surface area contributed by atoms with Crippen LogP contribution in [0.1, 0.15) is 123 Å². The van der Waals surface area contributed by atoms with E-state index < -0.39 is 72.3 Å². The van der Waals surface area contributed by atoms with Crippen LogP contribution in [0.4, 0.5) is 9.59 Å². The second kappa shape index (κ2) is 19.5. The van der Waals surface area contributed by atoms with Gasteiger partial charge in [-0.1, -0.05) is 52.0 Å². The molecule has 16 heteroatoms. The zero-order chi connectivity index (χ0) is 46.7. The van der Waals surface area contributed by atoms with Gasteiger partial charge < -0.3 is 39.4 Å². The number of nitrogens with one attached hydrogen (secondary N) is 2. The second-order valence-electron chi connectivity index (χ2n) is 18.4. The normalized spacial score (nSPS) is 20.9. The van der Waals surface area contributed by atoms with Gasteiger partial charge in [0.15, 0.2) is 13.2 Å². The third-order valence-electron chi connectivity index (χ3n) is 13.6. The van der Waals surface area contributed by atoms with Crippen LogP contribution in [-0.4, -0.2) is 121 Å². The lowest BCUT2D eigenvalue weighted by Crippen LogP contribution is -2.58. The van der Waals surface area contributed by atoms with Crippen molar-refractivity contribution in [3.05, 3.63) is 57.6 Å². The Hall–Kier alpha value is -5.80. The molecule has 0 radical (unpaired) electrons. The first-order chi connectivity index (χ1) is 30.4. The number of carbonyl (C=O) groups is 8. The van der Waals surface area contributed by atoms with Crippen molar-refractivity contribution < 1.29 is 57.3 Å². The fourth-order valence-electron chi connectivity index (χ4n) is 9.96. The van der Waals surface area contributed by atoms with Crippen LogP contribution in [0.25, 0.3) is 11.1 Å². The average molecular weight is 887 g/mol. The van der Waals surface area contributed by atoms with Gasteiger partial charge in [-0.15, -0.1) is 0 Å². The Kier molecular flexibility index (Phi) is 14.5. The summed E-state index contributed by atoms with van der Waals surface area (Å²) in [5, 5.41) is 5.15. The molecule has 4 unspecified atom stereocenters. The third-order valence-corrected chi connectivity index (χ3v) is 13.6. The van der Waals surface area contributed by atoms with Crippen molar-refractivity contribution in [3.63, 3.8) is 0 Å². The molecule has 2 aromatic carbocycles. The lowest BCUT2D eigenvalue weighted by molar-refractivity contribution is -0.160. The van der Waals surface area contributed by atoms with E-state index in [1.54, 1.807) is 53.7 Å². The van der Waals surface area contributed by atoms with E-state index in [2.05, 4.69) is 10.6 Å². The highest BCUT2D eigenvalue weighted by Crippen LogP contribution is 2.41. The zero-order valence-corrected chi connectivity index (χ0v) is 38.3. The number of carbonyl (C=O) groups excluding carboxylic acids is 8. The summed E-state index contributed by atoms with van der Waals surface area (Å²) in [4.78, 5) is 109. The minimum atomic E-state index is -1.32. The molecule has 2 aliphatic carbocycles. The van der Waals surface area contributed by atoms with Crippen molar-refractivity contribution in [2.24, 2.45) is 11.8 Å². The number of benzene rings is 2. The molecule has 0 spiro atoms. The molecular formula is C48H62N4O12. The summed E-state index contributed by atoms with van der Waals surface area (Å²) in [6.45, 7) is 10.0. The van der Waals surface area contributed by atoms with E-state index >= 15 is 0 Å². The largest absolute Gasteiger partial charge is 0.456 e. The Morgan fingerprint density at radius 2 is 0.922 bits per heavy atom. The zero-order valence-electron chi connectivity index (χ0n) is 38.3. The molecule has 4 atom stereocenters. The third kappa shape index (κ3) is 9.23. The molecule has 4 aliphatic rings. The average Bonchev–Trinajstić information content (AvgIpc) is 4.11. The Labute approximate surface area is 374 Å². The van der Waals surface area contributed by atoms with Crippen LogP contribution < -0.4 is 10.6 Å². The minimum Gasteiger partial charge on any atom is -0.456 e. The molecule has 0 saturated carbocycles. The number of ketones is 2. The topological polar surface area (TPSA) is 204 Å². The lowest BCUT2D eigenvalue weighted by atomic mass is 9.87. The van der Waals surface area contributed by atoms with Gasteiger partial charge in [-0.25, -0.2) is 19.2 Å². The summed E-state index contributed by atoms with van der Waals surface area (Å²) in [5.41, 5.74) is 4.20. The molecule has 2 N–H and O–H groups in total. The summed E-state index contributed by atoms with van der Waals surface area (Å²) in [5.74, 6) is -3.46. The summed E-state index contributed by atoms with van der Waals surface area (Å²) in [6, 6.07) is 5.58. The number of rotatable bonds is 15.